The summed E-state index contributed by atoms with van der Waals surface area (Å²) < 4.78 is 5.60. The average molecular weight is 593 g/mol. The number of rotatable bonds is 12. The minimum absolute atomic E-state index is 0.0278. The standard InChI is InChI=1S/C30H32N4O9/c35-22-10-2-1-7-18(22)29-33-21(17-43-29)30(42)34(15-5-13-31-27(40)19-8-3-11-23(36)25(19)38)16-6-14-32-28(41)20-9-4-12-24(37)26(20)39/h1-4,7-12,21,35-39H,5-6,13-17H2,(H,31,40)(H,32,41)/t21-/m0/s1. The van der Waals surface area contributed by atoms with Crippen LogP contribution in [0.5, 0.6) is 28.7 Å². The van der Waals surface area contributed by atoms with Gasteiger partial charge in [0.25, 0.3) is 17.7 Å². The topological polar surface area (TPSA) is 201 Å². The van der Waals surface area contributed by atoms with Gasteiger partial charge in [-0.25, -0.2) is 4.99 Å². The van der Waals surface area contributed by atoms with Crippen molar-refractivity contribution < 1.29 is 44.7 Å². The first-order valence-electron chi connectivity index (χ1n) is 13.5. The van der Waals surface area contributed by atoms with E-state index < -0.39 is 40.9 Å². The predicted octanol–water partition coefficient (Wildman–Crippen LogP) is 1.83. The molecule has 226 valence electrons. The first-order valence-corrected chi connectivity index (χ1v) is 13.5. The van der Waals surface area contributed by atoms with E-state index in [4.69, 9.17) is 4.74 Å². The molecule has 1 aliphatic rings. The molecule has 1 aliphatic heterocycles. The Morgan fingerprint density at radius 3 is 1.79 bits per heavy atom. The smallest absolute Gasteiger partial charge is 0.255 e. The van der Waals surface area contributed by atoms with Gasteiger partial charge in [0.2, 0.25) is 5.90 Å². The van der Waals surface area contributed by atoms with Gasteiger partial charge in [-0.15, -0.1) is 0 Å². The van der Waals surface area contributed by atoms with Crippen molar-refractivity contribution in [3.05, 3.63) is 77.4 Å². The highest BCUT2D eigenvalue weighted by Gasteiger charge is 2.31. The number of nitrogens with one attached hydrogen (secondary N) is 2. The maximum atomic E-state index is 13.5. The van der Waals surface area contributed by atoms with Crippen molar-refractivity contribution in [3.63, 3.8) is 0 Å². The summed E-state index contributed by atoms with van der Waals surface area (Å²) >= 11 is 0. The third-order valence-corrected chi connectivity index (χ3v) is 6.68. The number of hydrogen-bond donors (Lipinski definition) is 7. The number of hydrogen-bond acceptors (Lipinski definition) is 10. The Morgan fingerprint density at radius 2 is 1.26 bits per heavy atom. The number of benzene rings is 3. The number of ether oxygens (including phenoxy) is 1. The van der Waals surface area contributed by atoms with Gasteiger partial charge in [-0.2, -0.15) is 0 Å². The first kappa shape index (κ1) is 30.5. The van der Waals surface area contributed by atoms with Gasteiger partial charge in [0, 0.05) is 26.2 Å². The largest absolute Gasteiger partial charge is 0.507 e. The van der Waals surface area contributed by atoms with Crippen LogP contribution < -0.4 is 10.6 Å². The zero-order valence-electron chi connectivity index (χ0n) is 23.1. The van der Waals surface area contributed by atoms with E-state index in [1.54, 1.807) is 18.2 Å². The van der Waals surface area contributed by atoms with E-state index in [0.29, 0.717) is 18.4 Å². The molecule has 0 saturated heterocycles. The van der Waals surface area contributed by atoms with Gasteiger partial charge in [0.1, 0.15) is 12.4 Å². The molecule has 3 aromatic carbocycles. The number of para-hydroxylation sites is 3. The van der Waals surface area contributed by atoms with Crippen LogP contribution in [0.1, 0.15) is 39.1 Å². The molecule has 1 atom stereocenters. The molecule has 0 unspecified atom stereocenters. The lowest BCUT2D eigenvalue weighted by Crippen LogP contribution is -2.42. The number of phenols is 5. The van der Waals surface area contributed by atoms with Crippen LogP contribution >= 0.6 is 0 Å². The second kappa shape index (κ2) is 13.9. The number of carbonyl (C=O) groups excluding carboxylic acids is 3. The second-order valence-electron chi connectivity index (χ2n) is 9.67. The molecule has 0 fully saturated rings. The van der Waals surface area contributed by atoms with E-state index in [-0.39, 0.29) is 61.5 Å². The lowest BCUT2D eigenvalue weighted by atomic mass is 10.1. The molecule has 43 heavy (non-hydrogen) atoms. The normalized spacial score (nSPS) is 14.0. The third-order valence-electron chi connectivity index (χ3n) is 6.68. The van der Waals surface area contributed by atoms with Gasteiger partial charge in [-0.3, -0.25) is 14.4 Å². The zero-order chi connectivity index (χ0) is 30.9. The van der Waals surface area contributed by atoms with Crippen LogP contribution in [0.25, 0.3) is 0 Å². The number of phenolic OH excluding ortho intramolecular Hbond substituents is 5. The molecule has 0 spiro atoms. The van der Waals surface area contributed by atoms with E-state index in [9.17, 15) is 39.9 Å². The molecule has 0 aliphatic carbocycles. The molecule has 0 saturated carbocycles. The fourth-order valence-electron chi connectivity index (χ4n) is 4.41. The third kappa shape index (κ3) is 7.44. The predicted molar refractivity (Wildman–Crippen MR) is 154 cm³/mol. The van der Waals surface area contributed by atoms with Gasteiger partial charge in [0.15, 0.2) is 29.0 Å². The number of aliphatic imine (C=N–C) groups is 1. The maximum Gasteiger partial charge on any atom is 0.255 e. The van der Waals surface area contributed by atoms with Crippen LogP contribution in [0, 0.1) is 0 Å². The van der Waals surface area contributed by atoms with Crippen molar-refractivity contribution in [3.8, 4) is 28.7 Å². The summed E-state index contributed by atoms with van der Waals surface area (Å²) in [6.45, 7) is 0.701. The first-order chi connectivity index (χ1) is 20.7. The zero-order valence-corrected chi connectivity index (χ0v) is 23.1. The van der Waals surface area contributed by atoms with E-state index >= 15 is 0 Å². The summed E-state index contributed by atoms with van der Waals surface area (Å²) in [6, 6.07) is 13.7. The van der Waals surface area contributed by atoms with Crippen molar-refractivity contribution in [2.24, 2.45) is 4.99 Å². The van der Waals surface area contributed by atoms with Crippen LogP contribution in [0.2, 0.25) is 0 Å². The highest BCUT2D eigenvalue weighted by Crippen LogP contribution is 2.29. The van der Waals surface area contributed by atoms with E-state index in [1.165, 1.54) is 47.4 Å². The van der Waals surface area contributed by atoms with Crippen molar-refractivity contribution >= 4 is 23.6 Å². The minimum Gasteiger partial charge on any atom is -0.507 e. The Hall–Kier alpha value is -5.46. The van der Waals surface area contributed by atoms with Gasteiger partial charge in [-0.05, 0) is 49.2 Å². The van der Waals surface area contributed by atoms with Crippen LogP contribution in [0.15, 0.2) is 65.7 Å². The van der Waals surface area contributed by atoms with Crippen LogP contribution in [0.3, 0.4) is 0 Å². The summed E-state index contributed by atoms with van der Waals surface area (Å²) in [5.41, 5.74) is 0.186. The summed E-state index contributed by atoms with van der Waals surface area (Å²) in [5, 5.41) is 54.5. The Kier molecular flexibility index (Phi) is 9.89. The van der Waals surface area contributed by atoms with Crippen LogP contribution in [0.4, 0.5) is 0 Å². The molecule has 0 bridgehead atoms. The Balaban J connectivity index is 1.37. The fourth-order valence-corrected chi connectivity index (χ4v) is 4.41. The molecule has 0 aromatic heterocycles. The van der Waals surface area contributed by atoms with Crippen LogP contribution in [-0.4, -0.2) is 92.9 Å². The molecule has 0 radical (unpaired) electrons. The number of nitrogens with zero attached hydrogens (tertiary/aromatic N) is 2. The molecule has 1 heterocycles. The Bertz CT molecular complexity index is 1450. The fraction of sp³-hybridized carbons (Fsp3) is 0.267. The highest BCUT2D eigenvalue weighted by molar-refractivity contribution is 6.00. The lowest BCUT2D eigenvalue weighted by molar-refractivity contribution is -0.132. The van der Waals surface area contributed by atoms with Crippen LogP contribution in [-0.2, 0) is 9.53 Å². The Labute approximate surface area is 246 Å². The average Bonchev–Trinajstić information content (AvgIpc) is 3.49. The summed E-state index contributed by atoms with van der Waals surface area (Å²) in [5.74, 6) is -3.32. The number of carbonyl (C=O) groups is 3. The van der Waals surface area contributed by atoms with E-state index in [2.05, 4.69) is 15.6 Å². The molecular weight excluding hydrogens is 560 g/mol. The van der Waals surface area contributed by atoms with Crippen molar-refractivity contribution in [2.75, 3.05) is 32.8 Å². The van der Waals surface area contributed by atoms with Gasteiger partial charge in [0.05, 0.1) is 16.7 Å². The summed E-state index contributed by atoms with van der Waals surface area (Å²) in [4.78, 5) is 44.2. The molecule has 4 rings (SSSR count). The van der Waals surface area contributed by atoms with E-state index in [0.717, 1.165) is 0 Å². The monoisotopic (exact) mass is 592 g/mol. The maximum absolute atomic E-state index is 13.5. The second-order valence-corrected chi connectivity index (χ2v) is 9.67. The molecular formula is C30H32N4O9. The quantitative estimate of drug-likeness (QED) is 0.121. The Morgan fingerprint density at radius 1 is 0.744 bits per heavy atom. The molecule has 13 nitrogen and oxygen atoms in total. The minimum atomic E-state index is -0.868. The SMILES string of the molecule is O=C(NCCCN(CCCNC(=O)c1cccc(O)c1O)C(=O)[C@@H]1COC(c2ccccc2O)=N1)c1cccc(O)c1O. The molecule has 7 N–H and O–H groups in total. The lowest BCUT2D eigenvalue weighted by Gasteiger charge is -2.24. The molecule has 3 aromatic rings. The summed E-state index contributed by atoms with van der Waals surface area (Å²) in [7, 11) is 0. The number of aromatic hydroxyl groups is 5. The molecule has 13 heteroatoms. The van der Waals surface area contributed by atoms with Gasteiger partial charge in [-0.1, -0.05) is 24.3 Å². The van der Waals surface area contributed by atoms with E-state index in [1.807, 2.05) is 0 Å². The van der Waals surface area contributed by atoms with Crippen molar-refractivity contribution in [1.29, 1.82) is 0 Å². The van der Waals surface area contributed by atoms with Gasteiger partial charge < -0.3 is 45.8 Å². The summed E-state index contributed by atoms with van der Waals surface area (Å²) in [6.07, 6.45) is 0.675. The van der Waals surface area contributed by atoms with Crippen molar-refractivity contribution in [1.82, 2.24) is 15.5 Å². The van der Waals surface area contributed by atoms with Gasteiger partial charge >= 0.3 is 0 Å². The molecule has 3 amide bonds. The van der Waals surface area contributed by atoms with Crippen molar-refractivity contribution in [2.45, 2.75) is 18.9 Å². The highest BCUT2D eigenvalue weighted by atomic mass is 16.5. The number of amides is 3.